The van der Waals surface area contributed by atoms with E-state index in [1.54, 1.807) is 11.3 Å². The van der Waals surface area contributed by atoms with Crippen molar-refractivity contribution < 1.29 is 4.79 Å². The van der Waals surface area contributed by atoms with Crippen molar-refractivity contribution in [2.24, 2.45) is 5.41 Å². The first-order chi connectivity index (χ1) is 8.74. The van der Waals surface area contributed by atoms with Crippen molar-refractivity contribution in [3.63, 3.8) is 0 Å². The highest BCUT2D eigenvalue weighted by Gasteiger charge is 2.36. The van der Waals surface area contributed by atoms with Gasteiger partial charge in [0.1, 0.15) is 0 Å². The van der Waals surface area contributed by atoms with E-state index in [0.29, 0.717) is 11.8 Å². The van der Waals surface area contributed by atoms with Gasteiger partial charge in [0, 0.05) is 29.8 Å². The quantitative estimate of drug-likeness (QED) is 0.794. The van der Waals surface area contributed by atoms with Gasteiger partial charge in [-0.1, -0.05) is 12.5 Å². The molecule has 0 bridgehead atoms. The Labute approximate surface area is 113 Å². The van der Waals surface area contributed by atoms with Gasteiger partial charge in [-0.2, -0.15) is 0 Å². The molecule has 0 aromatic carbocycles. The SMILES string of the molecule is CNCC1(CNC(=O)CCc2cccs2)CCC1. The lowest BCUT2D eigenvalue weighted by molar-refractivity contribution is -0.121. The maximum Gasteiger partial charge on any atom is 0.220 e. The lowest BCUT2D eigenvalue weighted by Gasteiger charge is -2.42. The first-order valence-corrected chi connectivity index (χ1v) is 7.56. The van der Waals surface area contributed by atoms with Crippen LogP contribution in [0.15, 0.2) is 17.5 Å². The number of hydrogen-bond donors (Lipinski definition) is 2. The van der Waals surface area contributed by atoms with Crippen LogP contribution >= 0.6 is 11.3 Å². The summed E-state index contributed by atoms with van der Waals surface area (Å²) in [7, 11) is 1.98. The van der Waals surface area contributed by atoms with Crippen LogP contribution in [-0.2, 0) is 11.2 Å². The van der Waals surface area contributed by atoms with Crippen LogP contribution in [0, 0.1) is 5.41 Å². The molecule has 1 aliphatic carbocycles. The smallest absolute Gasteiger partial charge is 0.220 e. The van der Waals surface area contributed by atoms with Gasteiger partial charge >= 0.3 is 0 Å². The van der Waals surface area contributed by atoms with E-state index in [-0.39, 0.29) is 5.91 Å². The van der Waals surface area contributed by atoms with Crippen molar-refractivity contribution >= 4 is 17.2 Å². The average Bonchev–Trinajstić information content (AvgIpc) is 2.82. The van der Waals surface area contributed by atoms with Gasteiger partial charge in [0.05, 0.1) is 0 Å². The topological polar surface area (TPSA) is 41.1 Å². The minimum absolute atomic E-state index is 0.186. The third-order valence-corrected chi connectivity index (χ3v) is 4.74. The Balaban J connectivity index is 1.68. The monoisotopic (exact) mass is 266 g/mol. The fourth-order valence-corrected chi connectivity index (χ4v) is 3.24. The van der Waals surface area contributed by atoms with Crippen molar-refractivity contribution in [2.45, 2.75) is 32.1 Å². The van der Waals surface area contributed by atoms with E-state index in [2.05, 4.69) is 22.1 Å². The van der Waals surface area contributed by atoms with Crippen LogP contribution in [-0.4, -0.2) is 26.0 Å². The molecule has 0 radical (unpaired) electrons. The largest absolute Gasteiger partial charge is 0.355 e. The van der Waals surface area contributed by atoms with Crippen LogP contribution in [0.3, 0.4) is 0 Å². The second-order valence-corrected chi connectivity index (χ2v) is 6.27. The van der Waals surface area contributed by atoms with Crippen LogP contribution < -0.4 is 10.6 Å². The van der Waals surface area contributed by atoms with Gasteiger partial charge in [-0.3, -0.25) is 4.79 Å². The van der Waals surface area contributed by atoms with E-state index in [0.717, 1.165) is 19.5 Å². The summed E-state index contributed by atoms with van der Waals surface area (Å²) in [4.78, 5) is 13.1. The molecule has 0 spiro atoms. The highest BCUT2D eigenvalue weighted by atomic mass is 32.1. The Kier molecular flexibility index (Phi) is 4.78. The molecule has 0 aliphatic heterocycles. The molecule has 1 aliphatic rings. The van der Waals surface area contributed by atoms with Crippen LogP contribution in [0.4, 0.5) is 0 Å². The minimum Gasteiger partial charge on any atom is -0.355 e. The zero-order valence-electron chi connectivity index (χ0n) is 11.0. The molecule has 0 unspecified atom stereocenters. The van der Waals surface area contributed by atoms with Gasteiger partial charge in [0.2, 0.25) is 5.91 Å². The van der Waals surface area contributed by atoms with E-state index < -0.39 is 0 Å². The third-order valence-electron chi connectivity index (χ3n) is 3.81. The summed E-state index contributed by atoms with van der Waals surface area (Å²) >= 11 is 1.72. The highest BCUT2D eigenvalue weighted by molar-refractivity contribution is 7.09. The van der Waals surface area contributed by atoms with Gasteiger partial charge in [0.25, 0.3) is 0 Å². The predicted octanol–water partition coefficient (Wildman–Crippen LogP) is 2.19. The zero-order valence-corrected chi connectivity index (χ0v) is 11.8. The van der Waals surface area contributed by atoms with Gasteiger partial charge in [-0.05, 0) is 37.8 Å². The minimum atomic E-state index is 0.186. The van der Waals surface area contributed by atoms with Crippen molar-refractivity contribution in [3.8, 4) is 0 Å². The van der Waals surface area contributed by atoms with Crippen molar-refractivity contribution in [2.75, 3.05) is 20.1 Å². The van der Waals surface area contributed by atoms with E-state index in [4.69, 9.17) is 0 Å². The third kappa shape index (κ3) is 3.56. The maximum absolute atomic E-state index is 11.8. The molecular formula is C14H22N2OS. The summed E-state index contributed by atoms with van der Waals surface area (Å²) in [6.45, 7) is 1.84. The van der Waals surface area contributed by atoms with Gasteiger partial charge < -0.3 is 10.6 Å². The second kappa shape index (κ2) is 6.34. The van der Waals surface area contributed by atoms with Crippen molar-refractivity contribution in [3.05, 3.63) is 22.4 Å². The molecule has 2 rings (SSSR count). The summed E-state index contributed by atoms with van der Waals surface area (Å²) in [5.74, 6) is 0.186. The first kappa shape index (κ1) is 13.6. The standard InChI is InChI=1S/C14H22N2OS/c1-15-10-14(7-3-8-14)11-16-13(17)6-5-12-4-2-9-18-12/h2,4,9,15H,3,5-8,10-11H2,1H3,(H,16,17). The summed E-state index contributed by atoms with van der Waals surface area (Å²) < 4.78 is 0. The van der Waals surface area contributed by atoms with Gasteiger partial charge in [0.15, 0.2) is 0 Å². The second-order valence-electron chi connectivity index (χ2n) is 5.24. The molecule has 18 heavy (non-hydrogen) atoms. The van der Waals surface area contributed by atoms with Gasteiger partial charge in [-0.25, -0.2) is 0 Å². The normalized spacial score (nSPS) is 17.2. The number of nitrogens with one attached hydrogen (secondary N) is 2. The first-order valence-electron chi connectivity index (χ1n) is 6.68. The Morgan fingerprint density at radius 2 is 2.28 bits per heavy atom. The number of carbonyl (C=O) groups excluding carboxylic acids is 1. The molecule has 0 saturated heterocycles. The molecule has 3 nitrogen and oxygen atoms in total. The van der Waals surface area contributed by atoms with Crippen LogP contribution in [0.5, 0.6) is 0 Å². The lowest BCUT2D eigenvalue weighted by Crippen LogP contribution is -2.47. The van der Waals surface area contributed by atoms with Crippen LogP contribution in [0.1, 0.15) is 30.6 Å². The van der Waals surface area contributed by atoms with Crippen LogP contribution in [0.25, 0.3) is 0 Å². The molecular weight excluding hydrogens is 244 g/mol. The Hall–Kier alpha value is -0.870. The summed E-state index contributed by atoms with van der Waals surface area (Å²) in [5.41, 5.74) is 0.327. The summed E-state index contributed by atoms with van der Waals surface area (Å²) in [6.07, 6.45) is 5.24. The van der Waals surface area contributed by atoms with E-state index >= 15 is 0 Å². The Morgan fingerprint density at radius 1 is 1.44 bits per heavy atom. The number of aryl methyl sites for hydroxylation is 1. The average molecular weight is 266 g/mol. The molecule has 1 aromatic heterocycles. The number of thiophene rings is 1. The number of rotatable bonds is 7. The molecule has 1 heterocycles. The molecule has 1 saturated carbocycles. The maximum atomic E-state index is 11.8. The summed E-state index contributed by atoms with van der Waals surface area (Å²) in [6, 6.07) is 4.13. The molecule has 1 amide bonds. The van der Waals surface area contributed by atoms with Crippen molar-refractivity contribution in [1.29, 1.82) is 0 Å². The fourth-order valence-electron chi connectivity index (χ4n) is 2.53. The molecule has 100 valence electrons. The Bertz CT molecular complexity index is 371. The fraction of sp³-hybridized carbons (Fsp3) is 0.643. The van der Waals surface area contributed by atoms with Crippen LogP contribution in [0.2, 0.25) is 0 Å². The van der Waals surface area contributed by atoms with E-state index in [9.17, 15) is 4.79 Å². The van der Waals surface area contributed by atoms with Gasteiger partial charge in [-0.15, -0.1) is 11.3 Å². The van der Waals surface area contributed by atoms with E-state index in [1.165, 1.54) is 24.1 Å². The number of carbonyl (C=O) groups is 1. The number of amides is 1. The Morgan fingerprint density at radius 3 is 2.83 bits per heavy atom. The predicted molar refractivity (Wildman–Crippen MR) is 75.9 cm³/mol. The highest BCUT2D eigenvalue weighted by Crippen LogP contribution is 2.39. The molecule has 2 N–H and O–H groups in total. The zero-order chi connectivity index (χ0) is 12.8. The molecule has 0 atom stereocenters. The molecule has 1 aromatic rings. The lowest BCUT2D eigenvalue weighted by atomic mass is 9.68. The van der Waals surface area contributed by atoms with E-state index in [1.807, 2.05) is 13.1 Å². The number of hydrogen-bond acceptors (Lipinski definition) is 3. The molecule has 4 heteroatoms. The van der Waals surface area contributed by atoms with Crippen molar-refractivity contribution in [1.82, 2.24) is 10.6 Å². The molecule has 1 fully saturated rings. The summed E-state index contributed by atoms with van der Waals surface area (Å²) in [5, 5.41) is 8.40.